The summed E-state index contributed by atoms with van der Waals surface area (Å²) in [6.07, 6.45) is 1.66. The number of anilines is 1. The predicted molar refractivity (Wildman–Crippen MR) is 83.9 cm³/mol. The van der Waals surface area contributed by atoms with E-state index in [0.29, 0.717) is 11.5 Å². The molecule has 0 aliphatic heterocycles. The van der Waals surface area contributed by atoms with Crippen LogP contribution in [0.4, 0.5) is 6.01 Å². The number of fused-ring (bicyclic) bond motifs is 1. The Hall–Kier alpha value is -2.93. The molecule has 0 saturated heterocycles. The first kappa shape index (κ1) is 12.8. The number of carbonyl (C=O) groups excluding carboxylic acids is 1. The summed E-state index contributed by atoms with van der Waals surface area (Å²) in [5, 5.41) is 15.1. The number of para-hydroxylation sites is 1. The van der Waals surface area contributed by atoms with Crippen LogP contribution in [0.5, 0.6) is 0 Å². The van der Waals surface area contributed by atoms with E-state index in [-0.39, 0.29) is 11.9 Å². The van der Waals surface area contributed by atoms with Gasteiger partial charge in [0.15, 0.2) is 0 Å². The molecule has 0 atom stereocenters. The van der Waals surface area contributed by atoms with Crippen molar-refractivity contribution in [3.05, 3.63) is 52.9 Å². The maximum Gasteiger partial charge on any atom is 0.322 e. The Balaban J connectivity index is 1.60. The molecule has 0 unspecified atom stereocenters. The van der Waals surface area contributed by atoms with E-state index in [2.05, 4.69) is 20.5 Å². The lowest BCUT2D eigenvalue weighted by Crippen LogP contribution is -2.11. The number of rotatable bonds is 3. The quantitative estimate of drug-likeness (QED) is 0.606. The third-order valence-corrected chi connectivity index (χ3v) is 3.93. The van der Waals surface area contributed by atoms with E-state index in [1.807, 2.05) is 41.1 Å². The summed E-state index contributed by atoms with van der Waals surface area (Å²) < 4.78 is 5.45. The van der Waals surface area contributed by atoms with Crippen LogP contribution in [-0.2, 0) is 0 Å². The van der Waals surface area contributed by atoms with E-state index < -0.39 is 0 Å². The maximum atomic E-state index is 12.3. The summed E-state index contributed by atoms with van der Waals surface area (Å²) in [6, 6.07) is 9.54. The van der Waals surface area contributed by atoms with Gasteiger partial charge >= 0.3 is 6.01 Å². The van der Waals surface area contributed by atoms with Crippen molar-refractivity contribution >= 4 is 34.2 Å². The van der Waals surface area contributed by atoms with Crippen molar-refractivity contribution in [3.63, 3.8) is 0 Å². The number of benzene rings is 1. The molecule has 3 heterocycles. The van der Waals surface area contributed by atoms with Gasteiger partial charge in [0, 0.05) is 28.0 Å². The van der Waals surface area contributed by atoms with Crippen molar-refractivity contribution in [1.29, 1.82) is 0 Å². The molecule has 0 bridgehead atoms. The highest BCUT2D eigenvalue weighted by atomic mass is 32.1. The molecular weight excluding hydrogens is 300 g/mol. The number of aromatic amines is 1. The van der Waals surface area contributed by atoms with Gasteiger partial charge in [-0.3, -0.25) is 10.1 Å². The number of amides is 1. The largest absolute Gasteiger partial charge is 0.403 e. The number of hydrogen-bond acceptors (Lipinski definition) is 5. The summed E-state index contributed by atoms with van der Waals surface area (Å²) in [6.45, 7) is 0. The third kappa shape index (κ3) is 2.17. The molecule has 1 amide bonds. The fourth-order valence-electron chi connectivity index (χ4n) is 2.20. The normalized spacial score (nSPS) is 10.9. The topological polar surface area (TPSA) is 83.8 Å². The van der Waals surface area contributed by atoms with Gasteiger partial charge in [0.05, 0.1) is 5.56 Å². The van der Waals surface area contributed by atoms with Gasteiger partial charge in [-0.25, -0.2) is 0 Å². The van der Waals surface area contributed by atoms with Crippen LogP contribution in [0.1, 0.15) is 10.4 Å². The van der Waals surface area contributed by atoms with Crippen molar-refractivity contribution in [2.75, 3.05) is 5.32 Å². The summed E-state index contributed by atoms with van der Waals surface area (Å²) in [5.41, 5.74) is 2.27. The molecule has 0 aliphatic rings. The van der Waals surface area contributed by atoms with Gasteiger partial charge in [-0.1, -0.05) is 23.3 Å². The van der Waals surface area contributed by atoms with E-state index in [1.54, 1.807) is 6.20 Å². The van der Waals surface area contributed by atoms with Crippen LogP contribution >= 0.6 is 11.3 Å². The molecule has 6 nitrogen and oxygen atoms in total. The van der Waals surface area contributed by atoms with Gasteiger partial charge in [-0.2, -0.15) is 11.3 Å². The Labute approximate surface area is 128 Å². The highest BCUT2D eigenvalue weighted by Crippen LogP contribution is 2.23. The van der Waals surface area contributed by atoms with Crippen molar-refractivity contribution < 1.29 is 9.21 Å². The Morgan fingerprint density at radius 3 is 3.00 bits per heavy atom. The zero-order valence-corrected chi connectivity index (χ0v) is 12.1. The molecule has 3 aromatic heterocycles. The van der Waals surface area contributed by atoms with Crippen molar-refractivity contribution in [3.8, 4) is 11.5 Å². The van der Waals surface area contributed by atoms with Gasteiger partial charge < -0.3 is 9.40 Å². The Bertz CT molecular complexity index is 939. The number of H-pyrrole nitrogens is 1. The van der Waals surface area contributed by atoms with E-state index >= 15 is 0 Å². The third-order valence-electron chi connectivity index (χ3n) is 3.25. The number of carbonyl (C=O) groups is 1. The lowest BCUT2D eigenvalue weighted by atomic mass is 10.2. The first-order valence-electron chi connectivity index (χ1n) is 6.55. The summed E-state index contributed by atoms with van der Waals surface area (Å²) >= 11 is 1.54. The number of nitrogens with zero attached hydrogens (tertiary/aromatic N) is 2. The second kappa shape index (κ2) is 5.12. The molecule has 22 heavy (non-hydrogen) atoms. The lowest BCUT2D eigenvalue weighted by Gasteiger charge is -1.98. The van der Waals surface area contributed by atoms with Crippen LogP contribution in [0.3, 0.4) is 0 Å². The average Bonchev–Trinajstić information content (AvgIpc) is 3.27. The van der Waals surface area contributed by atoms with E-state index in [1.165, 1.54) is 11.3 Å². The molecule has 108 valence electrons. The predicted octanol–water partition coefficient (Wildman–Crippen LogP) is 3.53. The standard InChI is InChI=1S/C15H10N4O2S/c20-13(11-7-16-12-4-2-1-3-10(11)12)17-15-19-18-14(21-15)9-5-6-22-8-9/h1-8,16H,(H,17,19,20). The van der Waals surface area contributed by atoms with E-state index in [4.69, 9.17) is 4.42 Å². The van der Waals surface area contributed by atoms with Crippen LogP contribution < -0.4 is 5.32 Å². The fraction of sp³-hybridized carbons (Fsp3) is 0. The number of aromatic nitrogens is 3. The number of hydrogen-bond donors (Lipinski definition) is 2. The minimum absolute atomic E-state index is 0.0801. The van der Waals surface area contributed by atoms with Crippen LogP contribution in [-0.4, -0.2) is 21.1 Å². The summed E-state index contributed by atoms with van der Waals surface area (Å²) in [5.74, 6) is 0.0912. The molecule has 0 spiro atoms. The summed E-state index contributed by atoms with van der Waals surface area (Å²) in [4.78, 5) is 15.4. The SMILES string of the molecule is O=C(Nc1nnc(-c2ccsc2)o1)c1c[nH]c2ccccc12. The zero-order valence-electron chi connectivity index (χ0n) is 11.2. The molecule has 2 N–H and O–H groups in total. The Kier molecular flexibility index (Phi) is 2.97. The average molecular weight is 310 g/mol. The number of thiophene rings is 1. The highest BCUT2D eigenvalue weighted by Gasteiger charge is 2.15. The van der Waals surface area contributed by atoms with Gasteiger partial charge in [0.25, 0.3) is 11.8 Å². The maximum absolute atomic E-state index is 12.3. The second-order valence-corrected chi connectivity index (χ2v) is 5.41. The van der Waals surface area contributed by atoms with Gasteiger partial charge in [0.2, 0.25) is 0 Å². The van der Waals surface area contributed by atoms with Gasteiger partial charge in [-0.15, -0.1) is 5.10 Å². The molecular formula is C15H10N4O2S. The molecule has 4 rings (SSSR count). The fourth-order valence-corrected chi connectivity index (χ4v) is 2.83. The Morgan fingerprint density at radius 2 is 2.14 bits per heavy atom. The van der Waals surface area contributed by atoms with E-state index in [0.717, 1.165) is 16.5 Å². The first-order chi connectivity index (χ1) is 10.8. The molecule has 0 aliphatic carbocycles. The minimum Gasteiger partial charge on any atom is -0.403 e. The zero-order chi connectivity index (χ0) is 14.9. The number of nitrogens with one attached hydrogen (secondary N) is 2. The molecule has 1 aromatic carbocycles. The van der Waals surface area contributed by atoms with Gasteiger partial charge in [0.1, 0.15) is 0 Å². The smallest absolute Gasteiger partial charge is 0.322 e. The molecule has 4 aromatic rings. The second-order valence-electron chi connectivity index (χ2n) is 4.63. The molecule has 0 fully saturated rings. The summed E-state index contributed by atoms with van der Waals surface area (Å²) in [7, 11) is 0. The van der Waals surface area contributed by atoms with Crippen molar-refractivity contribution in [2.24, 2.45) is 0 Å². The van der Waals surface area contributed by atoms with Crippen LogP contribution in [0.15, 0.2) is 51.7 Å². The van der Waals surface area contributed by atoms with Crippen LogP contribution in [0, 0.1) is 0 Å². The van der Waals surface area contributed by atoms with Crippen LogP contribution in [0.25, 0.3) is 22.4 Å². The van der Waals surface area contributed by atoms with Crippen LogP contribution in [0.2, 0.25) is 0 Å². The Morgan fingerprint density at radius 1 is 1.23 bits per heavy atom. The van der Waals surface area contributed by atoms with E-state index in [9.17, 15) is 4.79 Å². The lowest BCUT2D eigenvalue weighted by molar-refractivity contribution is 0.102. The first-order valence-corrected chi connectivity index (χ1v) is 7.49. The molecule has 0 radical (unpaired) electrons. The minimum atomic E-state index is -0.294. The monoisotopic (exact) mass is 310 g/mol. The highest BCUT2D eigenvalue weighted by molar-refractivity contribution is 7.08. The van der Waals surface area contributed by atoms with Gasteiger partial charge in [-0.05, 0) is 17.5 Å². The molecule has 7 heteroatoms. The van der Waals surface area contributed by atoms with Crippen molar-refractivity contribution in [2.45, 2.75) is 0 Å². The van der Waals surface area contributed by atoms with Crippen molar-refractivity contribution in [1.82, 2.24) is 15.2 Å². The molecule has 0 saturated carbocycles.